The van der Waals surface area contributed by atoms with Gasteiger partial charge in [0.05, 0.1) is 0 Å². The third kappa shape index (κ3) is 6.00. The molecule has 1 aromatic heterocycles. The summed E-state index contributed by atoms with van der Waals surface area (Å²) in [6, 6.07) is 18.0. The largest absolute Gasteiger partial charge is 0.147 e. The highest BCUT2D eigenvalue weighted by molar-refractivity contribution is 7.14. The fourth-order valence-corrected chi connectivity index (χ4v) is 4.19. The van der Waals surface area contributed by atoms with E-state index in [1.807, 2.05) is 0 Å². The lowest BCUT2D eigenvalue weighted by Gasteiger charge is -2.05. The monoisotopic (exact) mass is 378 g/mol. The minimum Gasteiger partial charge on any atom is -0.143 e. The number of benzene rings is 2. The van der Waals surface area contributed by atoms with Gasteiger partial charge in [0.25, 0.3) is 0 Å². The Labute approximate surface area is 167 Å². The van der Waals surface area contributed by atoms with E-state index < -0.39 is 0 Å². The molecule has 2 nitrogen and oxygen atoms in total. The number of hydrogen-bond donors (Lipinski definition) is 0. The predicted octanol–water partition coefficient (Wildman–Crippen LogP) is 6.68. The molecule has 0 spiro atoms. The molecule has 3 rings (SSSR count). The van der Waals surface area contributed by atoms with Gasteiger partial charge in [-0.2, -0.15) is 0 Å². The molecule has 0 saturated carbocycles. The number of aromatic nitrogens is 2. The zero-order valence-corrected chi connectivity index (χ0v) is 17.4. The number of rotatable bonds is 10. The highest BCUT2D eigenvalue weighted by atomic mass is 32.1. The zero-order chi connectivity index (χ0) is 18.9. The van der Waals surface area contributed by atoms with Crippen LogP contribution in [0, 0.1) is 0 Å². The molecule has 142 valence electrons. The molecule has 0 bridgehead atoms. The molecule has 1 heterocycles. The van der Waals surface area contributed by atoms with Crippen molar-refractivity contribution in [3.8, 4) is 10.6 Å². The predicted molar refractivity (Wildman–Crippen MR) is 116 cm³/mol. The fourth-order valence-electron chi connectivity index (χ4n) is 3.24. The van der Waals surface area contributed by atoms with Gasteiger partial charge in [-0.05, 0) is 48.8 Å². The van der Waals surface area contributed by atoms with Crippen LogP contribution in [0.1, 0.15) is 61.2 Å². The molecule has 0 aliphatic heterocycles. The molecule has 0 radical (unpaired) electrons. The molecule has 2 aromatic carbocycles. The average molecular weight is 379 g/mol. The summed E-state index contributed by atoms with van der Waals surface area (Å²) in [5, 5.41) is 10.8. The third-order valence-electron chi connectivity index (χ3n) is 4.93. The van der Waals surface area contributed by atoms with Gasteiger partial charge in [0, 0.05) is 12.0 Å². The van der Waals surface area contributed by atoms with Crippen LogP contribution in [0.15, 0.2) is 48.5 Å². The molecule has 0 fully saturated rings. The smallest absolute Gasteiger partial charge is 0.143 e. The van der Waals surface area contributed by atoms with E-state index in [1.165, 1.54) is 47.9 Å². The first kappa shape index (κ1) is 19.8. The molecule has 27 heavy (non-hydrogen) atoms. The van der Waals surface area contributed by atoms with E-state index in [0.717, 1.165) is 35.7 Å². The van der Waals surface area contributed by atoms with Gasteiger partial charge in [0.1, 0.15) is 10.0 Å². The zero-order valence-electron chi connectivity index (χ0n) is 16.6. The number of unbranched alkanes of at least 4 members (excludes halogenated alkanes) is 2. The van der Waals surface area contributed by atoms with Crippen LogP contribution in [-0.4, -0.2) is 10.2 Å². The molecule has 0 aliphatic carbocycles. The number of aryl methyl sites for hydroxylation is 4. The summed E-state index contributed by atoms with van der Waals surface area (Å²) in [6.45, 7) is 4.43. The molecule has 3 aromatic rings. The van der Waals surface area contributed by atoms with E-state index in [4.69, 9.17) is 0 Å². The molecular formula is C24H30N2S. The van der Waals surface area contributed by atoms with E-state index in [1.54, 1.807) is 11.3 Å². The summed E-state index contributed by atoms with van der Waals surface area (Å²) < 4.78 is 0. The van der Waals surface area contributed by atoms with E-state index in [2.05, 4.69) is 72.6 Å². The summed E-state index contributed by atoms with van der Waals surface area (Å²) in [7, 11) is 0. The van der Waals surface area contributed by atoms with Gasteiger partial charge in [-0.3, -0.25) is 0 Å². The first-order valence-corrected chi connectivity index (χ1v) is 11.1. The van der Waals surface area contributed by atoms with Crippen molar-refractivity contribution in [3.63, 3.8) is 0 Å². The Morgan fingerprint density at radius 3 is 1.81 bits per heavy atom. The summed E-state index contributed by atoms with van der Waals surface area (Å²) in [5.41, 5.74) is 5.45. The SMILES string of the molecule is CCCCCc1ccc(CCc2ccc(-c3nnc(CCC)s3)cc2)cc1. The third-order valence-corrected chi connectivity index (χ3v) is 5.96. The second-order valence-electron chi connectivity index (χ2n) is 7.22. The maximum absolute atomic E-state index is 4.33. The average Bonchev–Trinajstić information content (AvgIpc) is 3.17. The standard InChI is InChI=1S/C24H30N2S/c1-3-5-6-8-19-9-11-20(12-10-19)13-14-21-15-17-22(18-16-21)24-26-25-23(27-24)7-4-2/h9-12,15-18H,3-8,13-14H2,1-2H3. The Hall–Kier alpha value is -2.00. The van der Waals surface area contributed by atoms with Gasteiger partial charge in [-0.1, -0.05) is 86.6 Å². The van der Waals surface area contributed by atoms with Gasteiger partial charge in [-0.25, -0.2) is 0 Å². The van der Waals surface area contributed by atoms with Crippen LogP contribution in [0.4, 0.5) is 0 Å². The van der Waals surface area contributed by atoms with Crippen LogP contribution in [0.2, 0.25) is 0 Å². The van der Waals surface area contributed by atoms with E-state index in [0.29, 0.717) is 0 Å². The van der Waals surface area contributed by atoms with Crippen molar-refractivity contribution in [2.45, 2.75) is 65.2 Å². The molecular weight excluding hydrogens is 348 g/mol. The lowest BCUT2D eigenvalue weighted by Crippen LogP contribution is -1.93. The lowest BCUT2D eigenvalue weighted by atomic mass is 10.0. The summed E-state index contributed by atoms with van der Waals surface area (Å²) >= 11 is 1.71. The van der Waals surface area contributed by atoms with Crippen molar-refractivity contribution in [1.29, 1.82) is 0 Å². The van der Waals surface area contributed by atoms with Gasteiger partial charge in [-0.15, -0.1) is 10.2 Å². The normalized spacial score (nSPS) is 11.0. The molecule has 0 N–H and O–H groups in total. The minimum atomic E-state index is 1.02. The van der Waals surface area contributed by atoms with Crippen molar-refractivity contribution in [1.82, 2.24) is 10.2 Å². The Morgan fingerprint density at radius 1 is 0.630 bits per heavy atom. The Bertz CT molecular complexity index is 803. The van der Waals surface area contributed by atoms with Gasteiger partial charge in [0.15, 0.2) is 0 Å². The first-order valence-electron chi connectivity index (χ1n) is 10.3. The van der Waals surface area contributed by atoms with Crippen molar-refractivity contribution in [2.24, 2.45) is 0 Å². The van der Waals surface area contributed by atoms with E-state index >= 15 is 0 Å². The summed E-state index contributed by atoms with van der Waals surface area (Å²) in [5.74, 6) is 0. The number of nitrogens with zero attached hydrogens (tertiary/aromatic N) is 2. The highest BCUT2D eigenvalue weighted by Crippen LogP contribution is 2.24. The van der Waals surface area contributed by atoms with Crippen molar-refractivity contribution in [3.05, 3.63) is 70.2 Å². The maximum atomic E-state index is 4.33. The minimum absolute atomic E-state index is 1.02. The highest BCUT2D eigenvalue weighted by Gasteiger charge is 2.06. The molecule has 3 heteroatoms. The Kier molecular flexibility index (Phi) is 7.58. The second kappa shape index (κ2) is 10.4. The molecule has 0 aliphatic rings. The molecule has 0 amide bonds. The summed E-state index contributed by atoms with van der Waals surface area (Å²) in [4.78, 5) is 0. The Morgan fingerprint density at radius 2 is 1.22 bits per heavy atom. The van der Waals surface area contributed by atoms with Gasteiger partial charge in [0.2, 0.25) is 0 Å². The first-order chi connectivity index (χ1) is 13.3. The van der Waals surface area contributed by atoms with Crippen molar-refractivity contribution >= 4 is 11.3 Å². The maximum Gasteiger partial charge on any atom is 0.147 e. The lowest BCUT2D eigenvalue weighted by molar-refractivity contribution is 0.717. The molecule has 0 atom stereocenters. The fraction of sp³-hybridized carbons (Fsp3) is 0.417. The van der Waals surface area contributed by atoms with Crippen LogP contribution in [0.5, 0.6) is 0 Å². The second-order valence-corrected chi connectivity index (χ2v) is 8.28. The molecule has 0 unspecified atom stereocenters. The molecule has 0 saturated heterocycles. The van der Waals surface area contributed by atoms with Crippen LogP contribution >= 0.6 is 11.3 Å². The van der Waals surface area contributed by atoms with Crippen LogP contribution in [0.3, 0.4) is 0 Å². The van der Waals surface area contributed by atoms with Gasteiger partial charge >= 0.3 is 0 Å². The van der Waals surface area contributed by atoms with Crippen molar-refractivity contribution < 1.29 is 0 Å². The van der Waals surface area contributed by atoms with Gasteiger partial charge < -0.3 is 0 Å². The topological polar surface area (TPSA) is 25.8 Å². The quantitative estimate of drug-likeness (QED) is 0.368. The van der Waals surface area contributed by atoms with Crippen molar-refractivity contribution in [2.75, 3.05) is 0 Å². The summed E-state index contributed by atoms with van der Waals surface area (Å²) in [6.07, 6.45) is 9.43. The van der Waals surface area contributed by atoms with Crippen LogP contribution in [-0.2, 0) is 25.7 Å². The van der Waals surface area contributed by atoms with Crippen LogP contribution < -0.4 is 0 Å². The number of hydrogen-bond acceptors (Lipinski definition) is 3. The Balaban J connectivity index is 1.52. The van der Waals surface area contributed by atoms with E-state index in [-0.39, 0.29) is 0 Å². The van der Waals surface area contributed by atoms with E-state index in [9.17, 15) is 0 Å². The van der Waals surface area contributed by atoms with Crippen LogP contribution in [0.25, 0.3) is 10.6 Å².